The molecule has 1 aromatic heterocycles. The van der Waals surface area contributed by atoms with Crippen molar-refractivity contribution in [2.75, 3.05) is 0 Å². The number of furan rings is 1. The predicted molar refractivity (Wildman–Crippen MR) is 72.5 cm³/mol. The van der Waals surface area contributed by atoms with Crippen molar-refractivity contribution >= 4 is 15.8 Å². The monoisotopic (exact) mass is 294 g/mol. The molecule has 0 aliphatic heterocycles. The third-order valence-corrected chi connectivity index (χ3v) is 4.59. The average molecular weight is 294 g/mol. The highest BCUT2D eigenvalue weighted by atomic mass is 32.2. The van der Waals surface area contributed by atoms with Crippen molar-refractivity contribution in [2.45, 2.75) is 24.5 Å². The first-order chi connectivity index (χ1) is 9.29. The number of sulfone groups is 1. The molecule has 0 atom stereocenters. The van der Waals surface area contributed by atoms with Gasteiger partial charge in [-0.2, -0.15) is 0 Å². The van der Waals surface area contributed by atoms with Gasteiger partial charge in [0.2, 0.25) is 5.76 Å². The van der Waals surface area contributed by atoms with Crippen LogP contribution < -0.4 is 0 Å². The van der Waals surface area contributed by atoms with E-state index in [1.165, 1.54) is 12.1 Å². The first-order valence-electron chi connectivity index (χ1n) is 5.91. The second-order valence-corrected chi connectivity index (χ2v) is 6.56. The standard InChI is InChI=1S/C14H14O5S/c1-9-4-3-5-12(6-9)20(17,18)8-11-7-13(14(15)16)19-10(11)2/h3-7H,8H2,1-2H3,(H,15,16). The summed E-state index contributed by atoms with van der Waals surface area (Å²) in [6.07, 6.45) is 0. The number of carbonyl (C=O) groups is 1. The zero-order valence-electron chi connectivity index (χ0n) is 11.1. The largest absolute Gasteiger partial charge is 0.475 e. The lowest BCUT2D eigenvalue weighted by molar-refractivity contribution is 0.0661. The van der Waals surface area contributed by atoms with Gasteiger partial charge in [-0.05, 0) is 37.6 Å². The average Bonchev–Trinajstić information content (AvgIpc) is 2.70. The van der Waals surface area contributed by atoms with E-state index >= 15 is 0 Å². The summed E-state index contributed by atoms with van der Waals surface area (Å²) in [6.45, 7) is 3.36. The van der Waals surface area contributed by atoms with E-state index in [-0.39, 0.29) is 16.4 Å². The van der Waals surface area contributed by atoms with E-state index in [1.54, 1.807) is 19.1 Å². The van der Waals surface area contributed by atoms with Gasteiger partial charge >= 0.3 is 5.97 Å². The lowest BCUT2D eigenvalue weighted by Crippen LogP contribution is -2.05. The molecule has 1 N–H and O–H groups in total. The Morgan fingerprint density at radius 2 is 1.95 bits per heavy atom. The predicted octanol–water partition coefficient (Wildman–Crippen LogP) is 2.57. The number of carboxylic acids is 1. The number of hydrogen-bond acceptors (Lipinski definition) is 4. The fourth-order valence-corrected chi connectivity index (χ4v) is 3.38. The number of hydrogen-bond donors (Lipinski definition) is 1. The molecule has 0 spiro atoms. The summed E-state index contributed by atoms with van der Waals surface area (Å²) in [5, 5.41) is 8.83. The number of carboxylic acid groups (broad SMARTS) is 1. The van der Waals surface area contributed by atoms with Gasteiger partial charge in [0.25, 0.3) is 0 Å². The highest BCUT2D eigenvalue weighted by Gasteiger charge is 2.21. The zero-order chi connectivity index (χ0) is 14.9. The van der Waals surface area contributed by atoms with Crippen LogP contribution in [0.5, 0.6) is 0 Å². The van der Waals surface area contributed by atoms with Gasteiger partial charge in [0.1, 0.15) is 5.76 Å². The third kappa shape index (κ3) is 2.91. The second-order valence-electron chi connectivity index (χ2n) is 4.57. The van der Waals surface area contributed by atoms with Gasteiger partial charge in [0, 0.05) is 5.56 Å². The van der Waals surface area contributed by atoms with Crippen molar-refractivity contribution in [3.63, 3.8) is 0 Å². The van der Waals surface area contributed by atoms with Crippen LogP contribution in [0.2, 0.25) is 0 Å². The molecule has 6 heteroatoms. The highest BCUT2D eigenvalue weighted by Crippen LogP contribution is 2.22. The van der Waals surface area contributed by atoms with E-state index in [1.807, 2.05) is 13.0 Å². The normalized spacial score (nSPS) is 11.5. The maximum atomic E-state index is 12.3. The summed E-state index contributed by atoms with van der Waals surface area (Å²) in [7, 11) is -3.52. The van der Waals surface area contributed by atoms with Gasteiger partial charge in [-0.15, -0.1) is 0 Å². The molecule has 0 aliphatic carbocycles. The number of rotatable bonds is 4. The number of aromatic carboxylic acids is 1. The Hall–Kier alpha value is -2.08. The van der Waals surface area contributed by atoms with Gasteiger partial charge in [-0.1, -0.05) is 12.1 Å². The van der Waals surface area contributed by atoms with Crippen LogP contribution in [0.4, 0.5) is 0 Å². The van der Waals surface area contributed by atoms with E-state index in [9.17, 15) is 13.2 Å². The van der Waals surface area contributed by atoms with Crippen LogP contribution in [0.1, 0.15) is 27.4 Å². The molecule has 0 aliphatic rings. The number of aryl methyl sites for hydroxylation is 2. The summed E-state index contributed by atoms with van der Waals surface area (Å²) in [6, 6.07) is 7.85. The van der Waals surface area contributed by atoms with Crippen molar-refractivity contribution in [1.82, 2.24) is 0 Å². The van der Waals surface area contributed by atoms with Crippen molar-refractivity contribution < 1.29 is 22.7 Å². The van der Waals surface area contributed by atoms with E-state index in [0.717, 1.165) is 5.56 Å². The Labute approximate surface area is 116 Å². The lowest BCUT2D eigenvalue weighted by Gasteiger charge is -2.04. The first kappa shape index (κ1) is 14.3. The molecule has 0 saturated carbocycles. The molecule has 0 fully saturated rings. The van der Waals surface area contributed by atoms with Crippen LogP contribution in [0.15, 0.2) is 39.6 Å². The smallest absolute Gasteiger partial charge is 0.371 e. The summed E-state index contributed by atoms with van der Waals surface area (Å²) < 4.78 is 29.6. The molecule has 20 heavy (non-hydrogen) atoms. The molecule has 0 amide bonds. The highest BCUT2D eigenvalue weighted by molar-refractivity contribution is 7.90. The minimum Gasteiger partial charge on any atom is -0.475 e. The van der Waals surface area contributed by atoms with Crippen LogP contribution in [0.25, 0.3) is 0 Å². The third-order valence-electron chi connectivity index (χ3n) is 2.93. The summed E-state index contributed by atoms with van der Waals surface area (Å²) in [5.74, 6) is -1.44. The maximum absolute atomic E-state index is 12.3. The van der Waals surface area contributed by atoms with E-state index in [4.69, 9.17) is 9.52 Å². The van der Waals surface area contributed by atoms with Gasteiger partial charge in [-0.3, -0.25) is 0 Å². The van der Waals surface area contributed by atoms with Gasteiger partial charge < -0.3 is 9.52 Å². The van der Waals surface area contributed by atoms with Crippen LogP contribution >= 0.6 is 0 Å². The van der Waals surface area contributed by atoms with Crippen LogP contribution in [0, 0.1) is 13.8 Å². The van der Waals surface area contributed by atoms with Gasteiger partial charge in [-0.25, -0.2) is 13.2 Å². The zero-order valence-corrected chi connectivity index (χ0v) is 11.9. The van der Waals surface area contributed by atoms with Crippen molar-refractivity contribution in [1.29, 1.82) is 0 Å². The summed E-state index contributed by atoms with van der Waals surface area (Å²) >= 11 is 0. The van der Waals surface area contributed by atoms with Gasteiger partial charge in [0.05, 0.1) is 10.6 Å². The molecule has 1 heterocycles. The Kier molecular flexibility index (Phi) is 3.67. The van der Waals surface area contributed by atoms with Crippen molar-refractivity contribution in [2.24, 2.45) is 0 Å². The SMILES string of the molecule is Cc1cccc(S(=O)(=O)Cc2cc(C(=O)O)oc2C)c1. The Morgan fingerprint density at radius 3 is 2.50 bits per heavy atom. The molecule has 2 rings (SSSR count). The van der Waals surface area contributed by atoms with E-state index < -0.39 is 15.8 Å². The van der Waals surface area contributed by atoms with Crippen molar-refractivity contribution in [3.8, 4) is 0 Å². The Bertz CT molecular complexity index is 756. The minimum atomic E-state index is -3.52. The lowest BCUT2D eigenvalue weighted by atomic mass is 10.2. The topological polar surface area (TPSA) is 84.6 Å². The first-order valence-corrected chi connectivity index (χ1v) is 7.57. The molecule has 0 radical (unpaired) electrons. The second kappa shape index (κ2) is 5.13. The molecule has 0 saturated heterocycles. The molecule has 106 valence electrons. The van der Waals surface area contributed by atoms with E-state index in [2.05, 4.69) is 0 Å². The molecule has 5 nitrogen and oxygen atoms in total. The van der Waals surface area contributed by atoms with Gasteiger partial charge in [0.15, 0.2) is 9.84 Å². The van der Waals surface area contributed by atoms with Crippen molar-refractivity contribution in [3.05, 3.63) is 53.0 Å². The maximum Gasteiger partial charge on any atom is 0.371 e. The van der Waals surface area contributed by atoms with Crippen LogP contribution in [-0.2, 0) is 15.6 Å². The molecule has 2 aromatic rings. The molecular formula is C14H14O5S. The summed E-state index contributed by atoms with van der Waals surface area (Å²) in [4.78, 5) is 11.0. The van der Waals surface area contributed by atoms with Crippen LogP contribution in [0.3, 0.4) is 0 Å². The Balaban J connectivity index is 2.36. The molecule has 0 bridgehead atoms. The van der Waals surface area contributed by atoms with Crippen LogP contribution in [-0.4, -0.2) is 19.5 Å². The minimum absolute atomic E-state index is 0.218. The summed E-state index contributed by atoms with van der Waals surface area (Å²) in [5.41, 5.74) is 1.21. The molecule has 1 aromatic carbocycles. The fraction of sp³-hybridized carbons (Fsp3) is 0.214. The van der Waals surface area contributed by atoms with E-state index in [0.29, 0.717) is 11.3 Å². The molecular weight excluding hydrogens is 280 g/mol. The Morgan fingerprint density at radius 1 is 1.25 bits per heavy atom. The fourth-order valence-electron chi connectivity index (χ4n) is 1.87. The molecule has 0 unspecified atom stereocenters. The number of benzene rings is 1. The quantitative estimate of drug-likeness (QED) is 0.936.